The molecule has 0 saturated heterocycles. The summed E-state index contributed by atoms with van der Waals surface area (Å²) in [6, 6.07) is -0.562. The van der Waals surface area contributed by atoms with Gasteiger partial charge in [-0.05, 0) is 6.92 Å². The molecule has 1 atom stereocenters. The van der Waals surface area contributed by atoms with Gasteiger partial charge in [0.25, 0.3) is 0 Å². The molecule has 2 nitrogen and oxygen atoms in total. The lowest BCUT2D eigenvalue weighted by Crippen LogP contribution is -2.53. The van der Waals surface area contributed by atoms with E-state index >= 15 is 0 Å². The summed E-state index contributed by atoms with van der Waals surface area (Å²) in [7, 11) is 0. The highest BCUT2D eigenvalue weighted by Crippen LogP contribution is 2.40. The molecule has 0 spiro atoms. The van der Waals surface area contributed by atoms with Crippen LogP contribution in [0.4, 0.5) is 17.6 Å². The largest absolute Gasteiger partial charge is 0.302 e. The molecule has 1 aromatic rings. The number of aldehydes is 1. The molecule has 2 heterocycles. The minimum absolute atomic E-state index is 0.141. The predicted molar refractivity (Wildman–Crippen MR) is 83.0 cm³/mol. The van der Waals surface area contributed by atoms with Gasteiger partial charge in [-0.25, -0.2) is 17.6 Å². The van der Waals surface area contributed by atoms with Crippen LogP contribution in [0, 0.1) is 23.3 Å². The Bertz CT molecular complexity index is 531. The number of thioether (sulfide) groups is 2. The van der Waals surface area contributed by atoms with Gasteiger partial charge in [0.2, 0.25) is 0 Å². The topological polar surface area (TPSA) is 29.1 Å². The second-order valence-corrected chi connectivity index (χ2v) is 7.46. The first kappa shape index (κ1) is 18.0. The Hall–Kier alpha value is -0.380. The molecule has 3 rings (SSSR count). The molecular formula is C13H13F4NOS3. The maximum Gasteiger partial charge on any atom is 0.176 e. The van der Waals surface area contributed by atoms with Crippen LogP contribution in [0.5, 0.6) is 0 Å². The Morgan fingerprint density at radius 2 is 1.55 bits per heavy atom. The van der Waals surface area contributed by atoms with Crippen LogP contribution in [0.25, 0.3) is 0 Å². The van der Waals surface area contributed by atoms with E-state index in [1.807, 2.05) is 0 Å². The Labute approximate surface area is 139 Å². The minimum Gasteiger partial charge on any atom is -0.302 e. The highest BCUT2D eigenvalue weighted by atomic mass is 32.2. The van der Waals surface area contributed by atoms with Crippen LogP contribution in [0.2, 0.25) is 0 Å². The van der Waals surface area contributed by atoms with Crippen molar-refractivity contribution in [1.29, 1.82) is 0 Å². The maximum atomic E-state index is 13.8. The van der Waals surface area contributed by atoms with Gasteiger partial charge in [-0.3, -0.25) is 0 Å². The van der Waals surface area contributed by atoms with E-state index in [2.05, 4.69) is 17.9 Å². The summed E-state index contributed by atoms with van der Waals surface area (Å²) in [6.07, 6.45) is 0.675. The van der Waals surface area contributed by atoms with Crippen molar-refractivity contribution in [2.75, 3.05) is 17.3 Å². The van der Waals surface area contributed by atoms with Crippen molar-refractivity contribution >= 4 is 42.4 Å². The van der Waals surface area contributed by atoms with E-state index < -0.39 is 44.6 Å². The van der Waals surface area contributed by atoms with E-state index in [9.17, 15) is 22.4 Å². The summed E-state index contributed by atoms with van der Waals surface area (Å²) in [5.41, 5.74) is -0.754. The van der Waals surface area contributed by atoms with E-state index in [-0.39, 0.29) is 17.3 Å². The fraction of sp³-hybridized carbons (Fsp3) is 0.462. The fourth-order valence-electron chi connectivity index (χ4n) is 2.00. The van der Waals surface area contributed by atoms with Gasteiger partial charge in [-0.15, -0.1) is 23.5 Å². The summed E-state index contributed by atoms with van der Waals surface area (Å²) < 4.78 is 55.4. The average Bonchev–Trinajstić information content (AvgIpc) is 2.57. The molecule has 0 radical (unpaired) electrons. The van der Waals surface area contributed by atoms with Gasteiger partial charge in [0.1, 0.15) is 6.29 Å². The number of rotatable bonds is 4. The number of fused-ring (bicyclic) bond motifs is 6. The number of carbonyl (C=O) groups excluding carboxylic acids is 1. The van der Waals surface area contributed by atoms with Gasteiger partial charge in [0.15, 0.2) is 23.3 Å². The third kappa shape index (κ3) is 3.42. The number of thiol groups is 1. The summed E-state index contributed by atoms with van der Waals surface area (Å²) in [6.45, 7) is 1.73. The molecule has 0 saturated carbocycles. The SMILES string of the molecule is CC1(N[C@H](C=O)CS)CSc2c(F)c(F)c(c(F)c2F)SC1. The lowest BCUT2D eigenvalue weighted by Gasteiger charge is -2.32. The van der Waals surface area contributed by atoms with E-state index in [0.29, 0.717) is 29.8 Å². The number of carbonyl (C=O) groups is 1. The van der Waals surface area contributed by atoms with Crippen molar-refractivity contribution in [1.82, 2.24) is 5.32 Å². The van der Waals surface area contributed by atoms with Gasteiger partial charge in [-0.1, -0.05) is 0 Å². The van der Waals surface area contributed by atoms with Crippen molar-refractivity contribution in [3.05, 3.63) is 23.3 Å². The summed E-state index contributed by atoms with van der Waals surface area (Å²) in [5, 5.41) is 3.02. The van der Waals surface area contributed by atoms with Crippen LogP contribution in [0.1, 0.15) is 6.92 Å². The summed E-state index contributed by atoms with van der Waals surface area (Å²) >= 11 is 5.40. The Balaban J connectivity index is 2.38. The monoisotopic (exact) mass is 371 g/mol. The molecule has 2 bridgehead atoms. The van der Waals surface area contributed by atoms with Crippen molar-refractivity contribution in [2.45, 2.75) is 28.3 Å². The number of benzene rings is 1. The zero-order chi connectivity index (χ0) is 16.5. The molecule has 1 N–H and O–H groups in total. The Morgan fingerprint density at radius 1 is 1.14 bits per heavy atom. The third-order valence-corrected chi connectivity index (χ3v) is 6.40. The first-order valence-corrected chi connectivity index (χ1v) is 8.88. The number of nitrogens with one attached hydrogen (secondary N) is 1. The summed E-state index contributed by atoms with van der Waals surface area (Å²) in [4.78, 5) is 9.58. The standard InChI is InChI=1S/C13H13F4NOS3/c1-13(18-6(2-19)3-20)4-21-11-7(14)9(16)12(22-5-13)10(17)8(11)15/h2,6,18,20H,3-5H2,1H3/t6-/m1/s1. The highest BCUT2D eigenvalue weighted by Gasteiger charge is 2.34. The normalized spacial score (nSPS) is 18.5. The molecule has 2 aliphatic rings. The predicted octanol–water partition coefficient (Wildman–Crippen LogP) is 3.29. The van der Waals surface area contributed by atoms with Gasteiger partial charge < -0.3 is 10.1 Å². The molecule has 0 aromatic heterocycles. The van der Waals surface area contributed by atoms with E-state index in [1.54, 1.807) is 6.92 Å². The number of hydrogen-bond donors (Lipinski definition) is 2. The Kier molecular flexibility index (Phi) is 5.73. The Morgan fingerprint density at radius 3 is 1.86 bits per heavy atom. The lowest BCUT2D eigenvalue weighted by atomic mass is 10.1. The highest BCUT2D eigenvalue weighted by molar-refractivity contribution is 8.00. The molecular weight excluding hydrogens is 358 g/mol. The second kappa shape index (κ2) is 7.02. The van der Waals surface area contributed by atoms with Crippen LogP contribution < -0.4 is 5.32 Å². The van der Waals surface area contributed by atoms with Crippen LogP contribution in [0.3, 0.4) is 0 Å². The van der Waals surface area contributed by atoms with Crippen LogP contribution >= 0.6 is 36.2 Å². The molecule has 1 aromatic carbocycles. The molecule has 9 heteroatoms. The first-order chi connectivity index (χ1) is 10.3. The third-order valence-electron chi connectivity index (χ3n) is 3.15. The van der Waals surface area contributed by atoms with Crippen LogP contribution in [-0.4, -0.2) is 35.1 Å². The fourth-order valence-corrected chi connectivity index (χ4v) is 4.47. The zero-order valence-electron chi connectivity index (χ0n) is 11.5. The zero-order valence-corrected chi connectivity index (χ0v) is 14.0. The molecule has 0 fully saturated rings. The van der Waals surface area contributed by atoms with E-state index in [1.165, 1.54) is 0 Å². The molecule has 22 heavy (non-hydrogen) atoms. The molecule has 0 unspecified atom stereocenters. The second-order valence-electron chi connectivity index (χ2n) is 5.12. The number of hydrogen-bond acceptors (Lipinski definition) is 5. The quantitative estimate of drug-likeness (QED) is 0.368. The van der Waals surface area contributed by atoms with Crippen molar-refractivity contribution in [3.63, 3.8) is 0 Å². The first-order valence-electron chi connectivity index (χ1n) is 6.28. The molecule has 2 aliphatic heterocycles. The number of halogens is 4. The molecule has 0 amide bonds. The maximum absolute atomic E-state index is 13.8. The molecule has 0 aliphatic carbocycles. The van der Waals surface area contributed by atoms with E-state index in [0.717, 1.165) is 0 Å². The van der Waals surface area contributed by atoms with Gasteiger partial charge in [0, 0.05) is 22.8 Å². The van der Waals surface area contributed by atoms with Gasteiger partial charge in [-0.2, -0.15) is 12.6 Å². The van der Waals surface area contributed by atoms with Crippen molar-refractivity contribution in [3.8, 4) is 0 Å². The van der Waals surface area contributed by atoms with E-state index in [4.69, 9.17) is 0 Å². The van der Waals surface area contributed by atoms with Gasteiger partial charge in [0.05, 0.1) is 15.8 Å². The summed E-state index contributed by atoms with van der Waals surface area (Å²) in [5.74, 6) is -4.99. The van der Waals surface area contributed by atoms with Crippen molar-refractivity contribution in [2.24, 2.45) is 0 Å². The van der Waals surface area contributed by atoms with Crippen LogP contribution in [0.15, 0.2) is 9.79 Å². The van der Waals surface area contributed by atoms with Crippen LogP contribution in [-0.2, 0) is 4.79 Å². The van der Waals surface area contributed by atoms with Crippen molar-refractivity contribution < 1.29 is 22.4 Å². The molecule has 122 valence electrons. The van der Waals surface area contributed by atoms with Gasteiger partial charge >= 0.3 is 0 Å². The minimum atomic E-state index is -1.38. The average molecular weight is 371 g/mol. The smallest absolute Gasteiger partial charge is 0.176 e. The lowest BCUT2D eigenvalue weighted by molar-refractivity contribution is -0.109.